The van der Waals surface area contributed by atoms with Gasteiger partial charge in [-0.2, -0.15) is 0 Å². The number of carboxylic acid groups (broad SMARTS) is 1. The number of aliphatic hydroxyl groups excluding tert-OH is 1. The molecule has 0 spiro atoms. The zero-order chi connectivity index (χ0) is 24.4. The Balaban J connectivity index is 1.83. The Kier molecular flexibility index (Phi) is 7.20. The van der Waals surface area contributed by atoms with Gasteiger partial charge in [0.2, 0.25) is 5.91 Å². The van der Waals surface area contributed by atoms with E-state index in [-0.39, 0.29) is 31.8 Å². The van der Waals surface area contributed by atoms with Crippen molar-refractivity contribution in [3.63, 3.8) is 0 Å². The van der Waals surface area contributed by atoms with E-state index in [0.717, 1.165) is 24.3 Å². The van der Waals surface area contributed by atoms with Crippen LogP contribution in [0.1, 0.15) is 59.3 Å². The summed E-state index contributed by atoms with van der Waals surface area (Å²) in [5.41, 5.74) is 0.298. The first-order valence-electron chi connectivity index (χ1n) is 11.4. The van der Waals surface area contributed by atoms with Crippen LogP contribution in [0.3, 0.4) is 0 Å². The second kappa shape index (κ2) is 9.58. The summed E-state index contributed by atoms with van der Waals surface area (Å²) in [6, 6.07) is -1.70. The number of carbonyl (C=O) groups is 4. The number of urea groups is 1. The molecule has 0 radical (unpaired) electrons. The molecule has 4 atom stereocenters. The quantitative estimate of drug-likeness (QED) is 0.449. The molecule has 11 nitrogen and oxygen atoms in total. The Labute approximate surface area is 193 Å². The molecule has 11 heteroatoms. The first kappa shape index (κ1) is 24.8. The van der Waals surface area contributed by atoms with Crippen molar-refractivity contribution in [3.05, 3.63) is 12.2 Å². The largest absolute Gasteiger partial charge is 0.479 e. The second-order valence-electron chi connectivity index (χ2n) is 9.96. The molecule has 3 aliphatic rings. The first-order chi connectivity index (χ1) is 15.4. The molecule has 1 saturated heterocycles. The standard InChI is InChI=1S/C22H34N4O7/c1-21(2,3)33-19(31)24-26-10-8-6-4-5-7-9-14-12-22(14,18(29)30)23-17(28)16-11-15(27)13-25(16)20(26)32/h7,9,14-16,27H,4-6,8,10-13H2,1-3H3,(H,23,28)(H,24,31)(H,29,30)/b9-7-/t14-,15?,16-,22+/m0/s1. The number of nitrogens with one attached hydrogen (secondary N) is 2. The minimum absolute atomic E-state index is 0.0198. The number of aliphatic carboxylic acids is 1. The van der Waals surface area contributed by atoms with Crippen LogP contribution in [0.2, 0.25) is 0 Å². The fourth-order valence-corrected chi connectivity index (χ4v) is 4.28. The van der Waals surface area contributed by atoms with Gasteiger partial charge in [-0.3, -0.25) is 4.79 Å². The van der Waals surface area contributed by atoms with Crippen molar-refractivity contribution >= 4 is 24.0 Å². The Morgan fingerprint density at radius 1 is 1.24 bits per heavy atom. The summed E-state index contributed by atoms with van der Waals surface area (Å²) in [4.78, 5) is 51.8. The van der Waals surface area contributed by atoms with Crippen LogP contribution in [0, 0.1) is 5.92 Å². The lowest BCUT2D eigenvalue weighted by atomic mass is 10.1. The van der Waals surface area contributed by atoms with Gasteiger partial charge in [-0.25, -0.2) is 24.8 Å². The summed E-state index contributed by atoms with van der Waals surface area (Å²) < 4.78 is 5.26. The number of nitrogens with zero attached hydrogens (tertiary/aromatic N) is 2. The molecule has 33 heavy (non-hydrogen) atoms. The van der Waals surface area contributed by atoms with Gasteiger partial charge in [-0.1, -0.05) is 18.6 Å². The number of rotatable bonds is 2. The zero-order valence-corrected chi connectivity index (χ0v) is 19.4. The molecule has 0 aromatic rings. The third-order valence-corrected chi connectivity index (χ3v) is 6.05. The molecule has 0 aromatic heterocycles. The fraction of sp³-hybridized carbons (Fsp3) is 0.727. The molecule has 0 aromatic carbocycles. The summed E-state index contributed by atoms with van der Waals surface area (Å²) in [5, 5.41) is 23.7. The van der Waals surface area contributed by atoms with Gasteiger partial charge in [0.15, 0.2) is 0 Å². The minimum atomic E-state index is -1.40. The molecule has 184 valence electrons. The van der Waals surface area contributed by atoms with Crippen molar-refractivity contribution in [1.82, 2.24) is 20.7 Å². The van der Waals surface area contributed by atoms with Gasteiger partial charge < -0.3 is 25.2 Å². The van der Waals surface area contributed by atoms with E-state index in [9.17, 15) is 29.4 Å². The third-order valence-electron chi connectivity index (χ3n) is 6.05. The van der Waals surface area contributed by atoms with Gasteiger partial charge in [0.05, 0.1) is 6.10 Å². The number of amides is 4. The van der Waals surface area contributed by atoms with Crippen LogP contribution >= 0.6 is 0 Å². The van der Waals surface area contributed by atoms with E-state index in [2.05, 4.69) is 10.7 Å². The average molecular weight is 467 g/mol. The van der Waals surface area contributed by atoms with Gasteiger partial charge in [0.25, 0.3) is 0 Å². The number of carbonyl (C=O) groups excluding carboxylic acids is 3. The molecule has 4 amide bonds. The topological polar surface area (TPSA) is 149 Å². The number of hydrogen-bond acceptors (Lipinski definition) is 6. The number of carboxylic acids is 1. The van der Waals surface area contributed by atoms with Crippen molar-refractivity contribution in [1.29, 1.82) is 0 Å². The summed E-state index contributed by atoms with van der Waals surface area (Å²) in [7, 11) is 0. The second-order valence-corrected chi connectivity index (χ2v) is 9.96. The van der Waals surface area contributed by atoms with E-state index in [1.54, 1.807) is 20.8 Å². The van der Waals surface area contributed by atoms with Crippen LogP contribution < -0.4 is 10.7 Å². The van der Waals surface area contributed by atoms with Crippen LogP contribution in [-0.2, 0) is 14.3 Å². The summed E-state index contributed by atoms with van der Waals surface area (Å²) in [6.45, 7) is 5.20. The van der Waals surface area contributed by atoms with Gasteiger partial charge in [0.1, 0.15) is 17.2 Å². The van der Waals surface area contributed by atoms with E-state index >= 15 is 0 Å². The number of allylic oxidation sites excluding steroid dienone is 1. The smallest absolute Gasteiger partial charge is 0.426 e. The lowest BCUT2D eigenvalue weighted by Gasteiger charge is -2.32. The number of fused-ring (bicyclic) bond motifs is 2. The van der Waals surface area contributed by atoms with E-state index in [1.807, 2.05) is 12.2 Å². The Hall–Kier alpha value is -2.82. The highest BCUT2D eigenvalue weighted by Crippen LogP contribution is 2.45. The molecule has 0 bridgehead atoms. The zero-order valence-electron chi connectivity index (χ0n) is 19.4. The predicted octanol–water partition coefficient (Wildman–Crippen LogP) is 1.37. The Morgan fingerprint density at radius 2 is 1.97 bits per heavy atom. The summed E-state index contributed by atoms with van der Waals surface area (Å²) >= 11 is 0. The summed E-state index contributed by atoms with van der Waals surface area (Å²) in [5.74, 6) is -2.07. The lowest BCUT2D eigenvalue weighted by molar-refractivity contribution is -0.144. The van der Waals surface area contributed by atoms with Crippen LogP contribution in [0.15, 0.2) is 12.2 Å². The van der Waals surface area contributed by atoms with E-state index in [0.29, 0.717) is 6.42 Å². The third kappa shape index (κ3) is 5.95. The van der Waals surface area contributed by atoms with E-state index in [1.165, 1.54) is 4.90 Å². The molecule has 2 heterocycles. The highest BCUT2D eigenvalue weighted by Gasteiger charge is 2.61. The number of hydrogen-bond donors (Lipinski definition) is 4. The molecule has 1 saturated carbocycles. The summed E-state index contributed by atoms with van der Waals surface area (Å²) in [6.07, 6.45) is 5.22. The maximum Gasteiger partial charge on any atom is 0.426 e. The van der Waals surface area contributed by atoms with Crippen LogP contribution in [0.5, 0.6) is 0 Å². The molecule has 4 N–H and O–H groups in total. The Morgan fingerprint density at radius 3 is 2.64 bits per heavy atom. The van der Waals surface area contributed by atoms with Crippen molar-refractivity contribution in [3.8, 4) is 0 Å². The maximum absolute atomic E-state index is 13.3. The van der Waals surface area contributed by atoms with Gasteiger partial charge >= 0.3 is 18.1 Å². The van der Waals surface area contributed by atoms with Crippen molar-refractivity contribution < 1.29 is 34.1 Å². The maximum atomic E-state index is 13.3. The first-order valence-corrected chi connectivity index (χ1v) is 11.4. The highest BCUT2D eigenvalue weighted by molar-refractivity contribution is 5.94. The predicted molar refractivity (Wildman–Crippen MR) is 117 cm³/mol. The average Bonchev–Trinajstić information content (AvgIpc) is 3.25. The van der Waals surface area contributed by atoms with Gasteiger partial charge in [-0.15, -0.1) is 0 Å². The minimum Gasteiger partial charge on any atom is -0.479 e. The van der Waals surface area contributed by atoms with Crippen molar-refractivity contribution in [2.45, 2.75) is 82.6 Å². The van der Waals surface area contributed by atoms with Gasteiger partial charge in [-0.05, 0) is 46.5 Å². The molecule has 1 unspecified atom stereocenters. The number of ether oxygens (including phenoxy) is 1. The number of aliphatic hydroxyl groups is 1. The van der Waals surface area contributed by atoms with Crippen molar-refractivity contribution in [2.24, 2.45) is 5.92 Å². The molecular formula is C22H34N4O7. The SMILES string of the molecule is CC(C)(C)OC(=O)NN1CCCCC/C=C\[C@H]2C[C@@]2(C(=O)O)NC(=O)[C@@H]2CC(O)CN2C1=O. The normalized spacial score (nSPS) is 31.9. The molecular weight excluding hydrogens is 432 g/mol. The van der Waals surface area contributed by atoms with E-state index < -0.39 is 47.3 Å². The molecule has 3 rings (SSSR count). The van der Waals surface area contributed by atoms with Crippen LogP contribution in [-0.4, -0.2) is 80.5 Å². The van der Waals surface area contributed by atoms with Crippen LogP contribution in [0.4, 0.5) is 9.59 Å². The fourth-order valence-electron chi connectivity index (χ4n) is 4.28. The van der Waals surface area contributed by atoms with Crippen LogP contribution in [0.25, 0.3) is 0 Å². The Bertz CT molecular complexity index is 824. The number of hydrazine groups is 1. The molecule has 2 fully saturated rings. The van der Waals surface area contributed by atoms with Crippen molar-refractivity contribution in [2.75, 3.05) is 13.1 Å². The van der Waals surface area contributed by atoms with E-state index in [4.69, 9.17) is 4.74 Å². The molecule has 1 aliphatic carbocycles. The highest BCUT2D eigenvalue weighted by atomic mass is 16.6. The lowest BCUT2D eigenvalue weighted by Crippen LogP contribution is -2.58. The monoisotopic (exact) mass is 466 g/mol. The molecule has 2 aliphatic heterocycles. The van der Waals surface area contributed by atoms with Gasteiger partial charge in [0, 0.05) is 25.4 Å².